The highest BCUT2D eigenvalue weighted by atomic mass is 79.9. The minimum atomic E-state index is -3.59. The maximum Gasteiger partial charge on any atom is 0.240 e. The Bertz CT molecular complexity index is 643. The van der Waals surface area contributed by atoms with Gasteiger partial charge in [0.05, 0.1) is 11.0 Å². The molecule has 1 heterocycles. The summed E-state index contributed by atoms with van der Waals surface area (Å²) in [5.41, 5.74) is 0. The van der Waals surface area contributed by atoms with Crippen LogP contribution in [-0.4, -0.2) is 52.1 Å². The molecule has 0 aromatic heterocycles. The topological polar surface area (TPSA) is 75.7 Å². The van der Waals surface area contributed by atoms with E-state index < -0.39 is 10.0 Å². The van der Waals surface area contributed by atoms with Gasteiger partial charge in [0.15, 0.2) is 0 Å². The minimum absolute atomic E-state index is 0.0310. The van der Waals surface area contributed by atoms with E-state index in [1.165, 1.54) is 12.1 Å². The molecule has 1 aromatic carbocycles. The Morgan fingerprint density at radius 3 is 2.70 bits per heavy atom. The third-order valence-corrected chi connectivity index (χ3v) is 5.82. The molecule has 1 fully saturated rings. The summed E-state index contributed by atoms with van der Waals surface area (Å²) in [5, 5.41) is 0. The van der Waals surface area contributed by atoms with E-state index in [-0.39, 0.29) is 29.9 Å². The largest absolute Gasteiger partial charge is 0.381 e. The Balaban J connectivity index is 1.81. The summed E-state index contributed by atoms with van der Waals surface area (Å²) in [5.74, 6) is -0.0310. The van der Waals surface area contributed by atoms with Crippen LogP contribution in [-0.2, 0) is 19.6 Å². The summed E-state index contributed by atoms with van der Waals surface area (Å²) in [6.45, 7) is 1.42. The average Bonchev–Trinajstić information content (AvgIpc) is 2.54. The van der Waals surface area contributed by atoms with Crippen molar-refractivity contribution in [2.24, 2.45) is 0 Å². The summed E-state index contributed by atoms with van der Waals surface area (Å²) in [6, 6.07) is 6.46. The van der Waals surface area contributed by atoms with Gasteiger partial charge in [-0.3, -0.25) is 4.79 Å². The van der Waals surface area contributed by atoms with Crippen LogP contribution in [0.3, 0.4) is 0 Å². The van der Waals surface area contributed by atoms with Gasteiger partial charge < -0.3 is 9.64 Å². The third kappa shape index (κ3) is 5.27. The van der Waals surface area contributed by atoms with Gasteiger partial charge in [-0.15, -0.1) is 0 Å². The number of nitrogens with one attached hydrogen (secondary N) is 1. The van der Waals surface area contributed by atoms with Gasteiger partial charge >= 0.3 is 0 Å². The zero-order valence-electron chi connectivity index (χ0n) is 13.0. The van der Waals surface area contributed by atoms with E-state index in [9.17, 15) is 13.2 Å². The van der Waals surface area contributed by atoms with Crippen molar-refractivity contribution in [3.05, 3.63) is 28.7 Å². The number of halogens is 1. The quantitative estimate of drug-likeness (QED) is 0.783. The molecule has 1 saturated heterocycles. The van der Waals surface area contributed by atoms with E-state index in [1.54, 1.807) is 24.1 Å². The number of rotatable bonds is 6. The SMILES string of the molecule is COC1CCN(C(=O)CCNS(=O)(=O)c2cccc(Br)c2)CC1. The molecule has 23 heavy (non-hydrogen) atoms. The molecule has 0 saturated carbocycles. The fraction of sp³-hybridized carbons (Fsp3) is 0.533. The molecule has 1 aliphatic rings. The molecule has 1 aromatic rings. The summed E-state index contributed by atoms with van der Waals surface area (Å²) >= 11 is 3.25. The van der Waals surface area contributed by atoms with Crippen molar-refractivity contribution in [3.63, 3.8) is 0 Å². The van der Waals surface area contributed by atoms with Gasteiger partial charge in [0.1, 0.15) is 0 Å². The Morgan fingerprint density at radius 2 is 2.09 bits per heavy atom. The molecule has 128 valence electrons. The molecule has 0 radical (unpaired) electrons. The van der Waals surface area contributed by atoms with Crippen molar-refractivity contribution in [1.82, 2.24) is 9.62 Å². The normalized spacial score (nSPS) is 16.5. The van der Waals surface area contributed by atoms with Crippen LogP contribution in [0.2, 0.25) is 0 Å². The van der Waals surface area contributed by atoms with Crippen molar-refractivity contribution in [3.8, 4) is 0 Å². The van der Waals surface area contributed by atoms with Crippen molar-refractivity contribution in [2.75, 3.05) is 26.7 Å². The molecule has 1 N–H and O–H groups in total. The van der Waals surface area contributed by atoms with Gasteiger partial charge in [-0.25, -0.2) is 13.1 Å². The average molecular weight is 405 g/mol. The summed E-state index contributed by atoms with van der Waals surface area (Å²) in [7, 11) is -1.91. The minimum Gasteiger partial charge on any atom is -0.381 e. The van der Waals surface area contributed by atoms with Crippen molar-refractivity contribution in [2.45, 2.75) is 30.3 Å². The highest BCUT2D eigenvalue weighted by Crippen LogP contribution is 2.16. The summed E-state index contributed by atoms with van der Waals surface area (Å²) < 4.78 is 32.7. The number of benzene rings is 1. The van der Waals surface area contributed by atoms with Crippen molar-refractivity contribution in [1.29, 1.82) is 0 Å². The number of nitrogens with zero attached hydrogens (tertiary/aromatic N) is 1. The summed E-state index contributed by atoms with van der Waals surface area (Å²) in [6.07, 6.45) is 2.03. The number of hydrogen-bond donors (Lipinski definition) is 1. The first-order valence-electron chi connectivity index (χ1n) is 7.48. The number of ether oxygens (including phenoxy) is 1. The number of amides is 1. The standard InChI is InChI=1S/C15H21BrN2O4S/c1-22-13-6-9-18(10-7-13)15(19)5-8-17-23(20,21)14-4-2-3-12(16)11-14/h2-4,11,13,17H,5-10H2,1H3. The molecule has 0 unspecified atom stereocenters. The lowest BCUT2D eigenvalue weighted by Crippen LogP contribution is -2.41. The van der Waals surface area contributed by atoms with E-state index >= 15 is 0 Å². The fourth-order valence-electron chi connectivity index (χ4n) is 2.51. The van der Waals surface area contributed by atoms with Crippen molar-refractivity contribution >= 4 is 31.9 Å². The predicted octanol–water partition coefficient (Wildman–Crippen LogP) is 1.75. The number of sulfonamides is 1. The van der Waals surface area contributed by atoms with Crippen LogP contribution < -0.4 is 4.72 Å². The van der Waals surface area contributed by atoms with Crippen LogP contribution in [0.1, 0.15) is 19.3 Å². The van der Waals surface area contributed by atoms with Crippen LogP contribution in [0.4, 0.5) is 0 Å². The molecule has 0 spiro atoms. The van der Waals surface area contributed by atoms with Crippen LogP contribution in [0.25, 0.3) is 0 Å². The first-order chi connectivity index (χ1) is 10.9. The molecular weight excluding hydrogens is 384 g/mol. The number of carbonyl (C=O) groups excluding carboxylic acids is 1. The fourth-order valence-corrected chi connectivity index (χ4v) is 4.14. The molecule has 0 atom stereocenters. The van der Waals surface area contributed by atoms with Gasteiger partial charge in [-0.2, -0.15) is 0 Å². The molecule has 0 bridgehead atoms. The van der Waals surface area contributed by atoms with E-state index in [4.69, 9.17) is 4.74 Å². The monoisotopic (exact) mass is 404 g/mol. The van der Waals surface area contributed by atoms with Gasteiger partial charge in [-0.1, -0.05) is 22.0 Å². The van der Waals surface area contributed by atoms with Gasteiger partial charge in [0.25, 0.3) is 0 Å². The van der Waals surface area contributed by atoms with Gasteiger partial charge in [0, 0.05) is 37.6 Å². The molecule has 0 aliphatic carbocycles. The lowest BCUT2D eigenvalue weighted by atomic mass is 10.1. The number of methoxy groups -OCH3 is 1. The molecule has 1 amide bonds. The molecule has 2 rings (SSSR count). The number of hydrogen-bond acceptors (Lipinski definition) is 4. The second kappa shape index (κ2) is 8.23. The third-order valence-electron chi connectivity index (χ3n) is 3.87. The zero-order valence-corrected chi connectivity index (χ0v) is 15.4. The maximum atomic E-state index is 12.2. The van der Waals surface area contributed by atoms with E-state index in [2.05, 4.69) is 20.7 Å². The first-order valence-corrected chi connectivity index (χ1v) is 9.76. The molecule has 6 nitrogen and oxygen atoms in total. The van der Waals surface area contributed by atoms with Crippen LogP contribution >= 0.6 is 15.9 Å². The van der Waals surface area contributed by atoms with E-state index in [0.717, 1.165) is 12.8 Å². The van der Waals surface area contributed by atoms with Crippen LogP contribution in [0.15, 0.2) is 33.6 Å². The van der Waals surface area contributed by atoms with Crippen LogP contribution in [0, 0.1) is 0 Å². The summed E-state index contributed by atoms with van der Waals surface area (Å²) in [4.78, 5) is 14.1. The predicted molar refractivity (Wildman–Crippen MR) is 90.6 cm³/mol. The van der Waals surface area contributed by atoms with E-state index in [1.807, 2.05) is 0 Å². The Kier molecular flexibility index (Phi) is 6.58. The Labute approximate surface area is 145 Å². The number of carbonyl (C=O) groups is 1. The number of likely N-dealkylation sites (tertiary alicyclic amines) is 1. The molecule has 8 heteroatoms. The number of piperidine rings is 1. The highest BCUT2D eigenvalue weighted by Gasteiger charge is 2.22. The van der Waals surface area contributed by atoms with Gasteiger partial charge in [0.2, 0.25) is 15.9 Å². The highest BCUT2D eigenvalue weighted by molar-refractivity contribution is 9.10. The van der Waals surface area contributed by atoms with Gasteiger partial charge in [-0.05, 0) is 31.0 Å². The second-order valence-corrected chi connectivity index (χ2v) is 8.10. The lowest BCUT2D eigenvalue weighted by molar-refractivity contribution is -0.133. The second-order valence-electron chi connectivity index (χ2n) is 5.42. The smallest absolute Gasteiger partial charge is 0.240 e. The molecule has 1 aliphatic heterocycles. The van der Waals surface area contributed by atoms with Crippen LogP contribution in [0.5, 0.6) is 0 Å². The lowest BCUT2D eigenvalue weighted by Gasteiger charge is -2.31. The van der Waals surface area contributed by atoms with Crippen molar-refractivity contribution < 1.29 is 17.9 Å². The zero-order chi connectivity index (χ0) is 16.9. The maximum absolute atomic E-state index is 12.2. The molecular formula is C15H21BrN2O4S. The Hall–Kier alpha value is -0.960. The Morgan fingerprint density at radius 1 is 1.39 bits per heavy atom. The first kappa shape index (κ1) is 18.4. The van der Waals surface area contributed by atoms with E-state index in [0.29, 0.717) is 17.6 Å².